The highest BCUT2D eigenvalue weighted by Crippen LogP contribution is 2.12. The number of rotatable bonds is 3. The van der Waals surface area contributed by atoms with Crippen LogP contribution in [0.3, 0.4) is 0 Å². The maximum Gasteiger partial charge on any atom is 0.147 e. The first-order valence-corrected chi connectivity index (χ1v) is 8.86. The van der Waals surface area contributed by atoms with Gasteiger partial charge < -0.3 is 0 Å². The molecule has 0 heterocycles. The van der Waals surface area contributed by atoms with E-state index < -0.39 is 18.6 Å². The zero-order chi connectivity index (χ0) is 10.8. The molecule has 0 saturated heterocycles. The molecule has 0 bridgehead atoms. The molecule has 0 unspecified atom stereocenters. The highest BCUT2D eigenvalue weighted by atomic mass is 32.2. The van der Waals surface area contributed by atoms with Crippen molar-refractivity contribution >= 4 is 18.6 Å². The van der Waals surface area contributed by atoms with E-state index in [1.165, 1.54) is 0 Å². The van der Waals surface area contributed by atoms with Crippen molar-refractivity contribution in [1.82, 2.24) is 0 Å². The number of sulfone groups is 1. The van der Waals surface area contributed by atoms with Crippen molar-refractivity contribution in [3.63, 3.8) is 0 Å². The highest BCUT2D eigenvalue weighted by Gasteiger charge is 2.09. The topological polar surface area (TPSA) is 34.1 Å². The summed E-state index contributed by atoms with van der Waals surface area (Å²) in [5.74, 6) is 0. The predicted octanol–water partition coefficient (Wildman–Crippen LogP) is 2.06. The molecule has 0 aliphatic heterocycles. The van der Waals surface area contributed by atoms with Crippen molar-refractivity contribution in [2.75, 3.05) is 5.38 Å². The summed E-state index contributed by atoms with van der Waals surface area (Å²) >= 11 is 0. The summed E-state index contributed by atoms with van der Waals surface area (Å²) in [5.41, 5.74) is 1.09. The van der Waals surface area contributed by atoms with Gasteiger partial charge in [-0.05, 0) is 19.1 Å². The van der Waals surface area contributed by atoms with Gasteiger partial charge in [-0.25, -0.2) is 17.2 Å². The Kier molecular flexibility index (Phi) is 3.50. The molecule has 0 N–H and O–H groups in total. The van der Waals surface area contributed by atoms with Gasteiger partial charge in [0.05, 0.1) is 4.90 Å². The van der Waals surface area contributed by atoms with Gasteiger partial charge in [0.25, 0.3) is 0 Å². The van der Waals surface area contributed by atoms with E-state index in [1.54, 1.807) is 12.1 Å². The quantitative estimate of drug-likeness (QED) is 0.741. The Morgan fingerprint density at radius 3 is 2.07 bits per heavy atom. The lowest BCUT2D eigenvalue weighted by atomic mass is 10.2. The van der Waals surface area contributed by atoms with Gasteiger partial charge in [0.1, 0.15) is 9.84 Å². The SMILES string of the molecule is Cc1ccc(S(=O)(=O)C[Si-](C)C)cc1. The summed E-state index contributed by atoms with van der Waals surface area (Å²) in [6, 6.07) is 7.06. The van der Waals surface area contributed by atoms with Gasteiger partial charge in [0, 0.05) is 0 Å². The van der Waals surface area contributed by atoms with E-state index in [1.807, 2.05) is 32.2 Å². The Bertz CT molecular complexity index is 393. The van der Waals surface area contributed by atoms with E-state index in [9.17, 15) is 8.42 Å². The Labute approximate surface area is 87.5 Å². The fraction of sp³-hybridized carbons (Fsp3) is 0.400. The van der Waals surface area contributed by atoms with Gasteiger partial charge in [-0.15, -0.1) is 0 Å². The van der Waals surface area contributed by atoms with Gasteiger partial charge in [0.15, 0.2) is 0 Å². The lowest BCUT2D eigenvalue weighted by molar-refractivity contribution is 0.600. The van der Waals surface area contributed by atoms with E-state index in [0.29, 0.717) is 10.3 Å². The third-order valence-electron chi connectivity index (χ3n) is 1.86. The molecular formula is C10H15O2SSi-. The molecule has 0 radical (unpaired) electrons. The average Bonchev–Trinajstić information content (AvgIpc) is 2.02. The Morgan fingerprint density at radius 1 is 1.14 bits per heavy atom. The molecule has 0 spiro atoms. The van der Waals surface area contributed by atoms with Crippen molar-refractivity contribution in [1.29, 1.82) is 0 Å². The number of benzene rings is 1. The van der Waals surface area contributed by atoms with Crippen LogP contribution in [0.15, 0.2) is 29.2 Å². The fourth-order valence-corrected chi connectivity index (χ4v) is 5.47. The molecule has 14 heavy (non-hydrogen) atoms. The van der Waals surface area contributed by atoms with Crippen LogP contribution in [0.5, 0.6) is 0 Å². The minimum atomic E-state index is -3.03. The van der Waals surface area contributed by atoms with E-state index >= 15 is 0 Å². The van der Waals surface area contributed by atoms with Crippen LogP contribution in [0.4, 0.5) is 0 Å². The van der Waals surface area contributed by atoms with Crippen molar-refractivity contribution in [3.05, 3.63) is 29.8 Å². The van der Waals surface area contributed by atoms with Crippen LogP contribution < -0.4 is 0 Å². The van der Waals surface area contributed by atoms with Gasteiger partial charge in [-0.3, -0.25) is 0 Å². The molecule has 78 valence electrons. The van der Waals surface area contributed by atoms with Crippen LogP contribution in [-0.4, -0.2) is 22.6 Å². The van der Waals surface area contributed by atoms with Gasteiger partial charge in [0.2, 0.25) is 0 Å². The third-order valence-corrected chi connectivity index (χ3v) is 6.68. The normalized spacial score (nSPS) is 12.0. The Balaban J connectivity index is 2.99. The monoisotopic (exact) mass is 227 g/mol. The lowest BCUT2D eigenvalue weighted by Gasteiger charge is -2.15. The second-order valence-electron chi connectivity index (χ2n) is 3.78. The van der Waals surface area contributed by atoms with E-state index in [-0.39, 0.29) is 0 Å². The molecule has 1 aromatic carbocycles. The molecule has 0 aliphatic rings. The predicted molar refractivity (Wildman–Crippen MR) is 60.7 cm³/mol. The average molecular weight is 227 g/mol. The molecule has 0 fully saturated rings. The minimum absolute atomic E-state index is 0.320. The van der Waals surface area contributed by atoms with E-state index in [4.69, 9.17) is 0 Å². The number of hydrogen-bond acceptors (Lipinski definition) is 2. The highest BCUT2D eigenvalue weighted by molar-refractivity contribution is 7.92. The van der Waals surface area contributed by atoms with Crippen molar-refractivity contribution < 1.29 is 8.42 Å². The number of hydrogen-bond donors (Lipinski definition) is 0. The summed E-state index contributed by atoms with van der Waals surface area (Å²) < 4.78 is 23.6. The fourth-order valence-electron chi connectivity index (χ4n) is 1.21. The molecule has 1 rings (SSSR count). The molecule has 1 aromatic rings. The van der Waals surface area contributed by atoms with Gasteiger partial charge >= 0.3 is 0 Å². The summed E-state index contributed by atoms with van der Waals surface area (Å²) in [4.78, 5) is 0.453. The molecule has 0 aromatic heterocycles. The number of aryl methyl sites for hydroxylation is 1. The second kappa shape index (κ2) is 4.27. The summed E-state index contributed by atoms with van der Waals surface area (Å²) in [7, 11) is -3.77. The van der Waals surface area contributed by atoms with Crippen LogP contribution in [0.2, 0.25) is 13.1 Å². The zero-order valence-corrected chi connectivity index (χ0v) is 10.6. The van der Waals surface area contributed by atoms with Crippen molar-refractivity contribution in [2.45, 2.75) is 24.9 Å². The smallest absolute Gasteiger partial charge is 0.147 e. The molecule has 0 aliphatic carbocycles. The summed E-state index contributed by atoms with van der Waals surface area (Å²) in [6.07, 6.45) is 0. The first-order valence-electron chi connectivity index (χ1n) is 4.50. The maximum absolute atomic E-state index is 11.8. The maximum atomic E-state index is 11.8. The minimum Gasteiger partial charge on any atom is -0.248 e. The first kappa shape index (κ1) is 11.5. The van der Waals surface area contributed by atoms with Crippen molar-refractivity contribution in [3.8, 4) is 0 Å². The van der Waals surface area contributed by atoms with Crippen LogP contribution in [0, 0.1) is 6.92 Å². The summed E-state index contributed by atoms with van der Waals surface area (Å²) in [6.45, 7) is 5.97. The molecule has 0 saturated carbocycles. The second-order valence-corrected chi connectivity index (χ2v) is 9.05. The van der Waals surface area contributed by atoms with Gasteiger partial charge in [-0.2, -0.15) is 13.1 Å². The largest absolute Gasteiger partial charge is 0.248 e. The van der Waals surface area contributed by atoms with E-state index in [2.05, 4.69) is 0 Å². The van der Waals surface area contributed by atoms with Crippen LogP contribution in [0.1, 0.15) is 5.56 Å². The molecular weight excluding hydrogens is 212 g/mol. The zero-order valence-electron chi connectivity index (χ0n) is 8.74. The Hall–Kier alpha value is -0.613. The Morgan fingerprint density at radius 2 is 1.64 bits per heavy atom. The molecule has 0 amide bonds. The third kappa shape index (κ3) is 2.96. The van der Waals surface area contributed by atoms with Crippen LogP contribution in [-0.2, 0) is 9.84 Å². The van der Waals surface area contributed by atoms with Crippen LogP contribution in [0.25, 0.3) is 0 Å². The van der Waals surface area contributed by atoms with Crippen molar-refractivity contribution in [2.24, 2.45) is 0 Å². The summed E-state index contributed by atoms with van der Waals surface area (Å²) in [5, 5.41) is 0.320. The molecule has 2 nitrogen and oxygen atoms in total. The standard InChI is InChI=1S/C10H15O2SSi/c1-9-4-6-10(7-5-9)13(11,12)8-14(2)3/h4-7H,8H2,1-3H3/q-1. The first-order chi connectivity index (χ1) is 6.42. The van der Waals surface area contributed by atoms with Crippen LogP contribution >= 0.6 is 0 Å². The molecule has 4 heteroatoms. The van der Waals surface area contributed by atoms with E-state index in [0.717, 1.165) is 5.56 Å². The molecule has 0 atom stereocenters. The lowest BCUT2D eigenvalue weighted by Crippen LogP contribution is -2.18. The van der Waals surface area contributed by atoms with Gasteiger partial charge in [-0.1, -0.05) is 23.1 Å².